The topological polar surface area (TPSA) is 72.6 Å². The van der Waals surface area contributed by atoms with Crippen molar-refractivity contribution in [2.75, 3.05) is 4.90 Å². The predicted octanol–water partition coefficient (Wildman–Crippen LogP) is 2.24. The van der Waals surface area contributed by atoms with Gasteiger partial charge in [-0.3, -0.25) is 9.69 Å². The first kappa shape index (κ1) is 14.1. The van der Waals surface area contributed by atoms with Crippen LogP contribution in [0.2, 0.25) is 0 Å². The summed E-state index contributed by atoms with van der Waals surface area (Å²) in [6, 6.07) is 16.1. The average molecular weight is 296 g/mol. The van der Waals surface area contributed by atoms with Gasteiger partial charge in [0.1, 0.15) is 12.6 Å². The standard InChI is InChI=1S/C17H16N2O3/c18-16(20)15-10-13-8-4-5-9-14(13)19(15)17(21)22-11-12-6-2-1-3-7-12/h1-9,15H,10-11H2,(H2,18,20). The lowest BCUT2D eigenvalue weighted by Crippen LogP contribution is -2.46. The second-order valence-corrected chi connectivity index (χ2v) is 5.16. The van der Waals surface area contributed by atoms with E-state index in [1.807, 2.05) is 48.5 Å². The molecule has 0 aromatic heterocycles. The molecule has 0 saturated carbocycles. The minimum atomic E-state index is -0.694. The molecule has 0 bridgehead atoms. The first-order valence-corrected chi connectivity index (χ1v) is 7.04. The molecule has 1 atom stereocenters. The number of hydrogen-bond donors (Lipinski definition) is 1. The molecule has 112 valence electrons. The molecule has 2 aromatic carbocycles. The smallest absolute Gasteiger partial charge is 0.415 e. The van der Waals surface area contributed by atoms with Crippen molar-refractivity contribution >= 4 is 17.7 Å². The number of ether oxygens (including phenoxy) is 1. The van der Waals surface area contributed by atoms with Crippen LogP contribution in [0.25, 0.3) is 0 Å². The lowest BCUT2D eigenvalue weighted by atomic mass is 10.1. The summed E-state index contributed by atoms with van der Waals surface area (Å²) in [5.41, 5.74) is 7.92. The molecule has 0 fully saturated rings. The molecule has 3 rings (SSSR count). The molecular weight excluding hydrogens is 280 g/mol. The van der Waals surface area contributed by atoms with Crippen molar-refractivity contribution in [1.29, 1.82) is 0 Å². The maximum Gasteiger partial charge on any atom is 0.415 e. The Morgan fingerprint density at radius 3 is 2.50 bits per heavy atom. The summed E-state index contributed by atoms with van der Waals surface area (Å²) < 4.78 is 5.33. The number of benzene rings is 2. The SMILES string of the molecule is NC(=O)C1Cc2ccccc2N1C(=O)OCc1ccccc1. The van der Waals surface area contributed by atoms with E-state index in [1.54, 1.807) is 6.07 Å². The van der Waals surface area contributed by atoms with Gasteiger partial charge in [0.05, 0.1) is 5.69 Å². The molecule has 2 N–H and O–H groups in total. The van der Waals surface area contributed by atoms with Crippen molar-refractivity contribution in [3.63, 3.8) is 0 Å². The zero-order chi connectivity index (χ0) is 15.5. The van der Waals surface area contributed by atoms with Crippen LogP contribution in [-0.4, -0.2) is 18.0 Å². The van der Waals surface area contributed by atoms with Crippen LogP contribution in [0.1, 0.15) is 11.1 Å². The van der Waals surface area contributed by atoms with E-state index >= 15 is 0 Å². The van der Waals surface area contributed by atoms with Crippen LogP contribution < -0.4 is 10.6 Å². The Kier molecular flexibility index (Phi) is 3.78. The summed E-state index contributed by atoms with van der Waals surface area (Å²) in [6.45, 7) is 0.157. The minimum Gasteiger partial charge on any atom is -0.444 e. The fraction of sp³-hybridized carbons (Fsp3) is 0.176. The Bertz CT molecular complexity index is 700. The van der Waals surface area contributed by atoms with Gasteiger partial charge in [0.2, 0.25) is 5.91 Å². The van der Waals surface area contributed by atoms with E-state index in [9.17, 15) is 9.59 Å². The van der Waals surface area contributed by atoms with E-state index in [0.29, 0.717) is 12.1 Å². The number of nitrogens with two attached hydrogens (primary N) is 1. The first-order chi connectivity index (χ1) is 10.7. The number of rotatable bonds is 3. The van der Waals surface area contributed by atoms with Crippen molar-refractivity contribution in [2.24, 2.45) is 5.73 Å². The van der Waals surface area contributed by atoms with Gasteiger partial charge in [0.15, 0.2) is 0 Å². The normalized spacial score (nSPS) is 16.2. The van der Waals surface area contributed by atoms with Gasteiger partial charge in [-0.2, -0.15) is 0 Å². The quantitative estimate of drug-likeness (QED) is 0.944. The second kappa shape index (κ2) is 5.89. The van der Waals surface area contributed by atoms with Gasteiger partial charge in [0.25, 0.3) is 0 Å². The number of nitrogens with zero attached hydrogens (tertiary/aromatic N) is 1. The molecule has 22 heavy (non-hydrogen) atoms. The molecule has 0 radical (unpaired) electrons. The van der Waals surface area contributed by atoms with Crippen LogP contribution in [0.3, 0.4) is 0 Å². The zero-order valence-corrected chi connectivity index (χ0v) is 11.9. The van der Waals surface area contributed by atoms with Crippen LogP contribution in [-0.2, 0) is 22.6 Å². The third-order valence-corrected chi connectivity index (χ3v) is 3.71. The number of primary amides is 1. The van der Waals surface area contributed by atoms with Crippen molar-refractivity contribution in [3.8, 4) is 0 Å². The highest BCUT2D eigenvalue weighted by Crippen LogP contribution is 2.32. The van der Waals surface area contributed by atoms with E-state index < -0.39 is 18.0 Å². The predicted molar refractivity (Wildman–Crippen MR) is 82.2 cm³/mol. The van der Waals surface area contributed by atoms with Crippen LogP contribution in [0.4, 0.5) is 10.5 Å². The highest BCUT2D eigenvalue weighted by atomic mass is 16.6. The zero-order valence-electron chi connectivity index (χ0n) is 11.9. The largest absolute Gasteiger partial charge is 0.444 e. The van der Waals surface area contributed by atoms with Crippen molar-refractivity contribution in [3.05, 3.63) is 65.7 Å². The van der Waals surface area contributed by atoms with Crippen LogP contribution in [0.5, 0.6) is 0 Å². The van der Waals surface area contributed by atoms with Gasteiger partial charge in [-0.15, -0.1) is 0 Å². The highest BCUT2D eigenvalue weighted by molar-refractivity contribution is 6.00. The summed E-state index contributed by atoms with van der Waals surface area (Å²) in [4.78, 5) is 25.4. The summed E-state index contributed by atoms with van der Waals surface area (Å²) in [6.07, 6.45) is -0.135. The van der Waals surface area contributed by atoms with Gasteiger partial charge in [-0.1, -0.05) is 48.5 Å². The molecule has 1 unspecified atom stereocenters. The molecule has 1 aliphatic heterocycles. The molecular formula is C17H16N2O3. The van der Waals surface area contributed by atoms with Gasteiger partial charge in [-0.05, 0) is 17.2 Å². The highest BCUT2D eigenvalue weighted by Gasteiger charge is 2.38. The van der Waals surface area contributed by atoms with Crippen molar-refractivity contribution in [2.45, 2.75) is 19.1 Å². The van der Waals surface area contributed by atoms with Gasteiger partial charge in [-0.25, -0.2) is 4.79 Å². The van der Waals surface area contributed by atoms with Gasteiger partial charge >= 0.3 is 6.09 Å². The third kappa shape index (κ3) is 2.65. The Morgan fingerprint density at radius 2 is 1.77 bits per heavy atom. The van der Waals surface area contributed by atoms with Crippen LogP contribution in [0.15, 0.2) is 54.6 Å². The van der Waals surface area contributed by atoms with E-state index in [-0.39, 0.29) is 6.61 Å². The lowest BCUT2D eigenvalue weighted by Gasteiger charge is -2.22. The number of amides is 2. The number of carbonyl (C=O) groups is 2. The fourth-order valence-corrected chi connectivity index (χ4v) is 2.63. The first-order valence-electron chi connectivity index (χ1n) is 7.04. The molecule has 0 aliphatic carbocycles. The van der Waals surface area contributed by atoms with Crippen molar-refractivity contribution < 1.29 is 14.3 Å². The summed E-state index contributed by atoms with van der Waals surface area (Å²) in [5.74, 6) is -0.534. The number of fused-ring (bicyclic) bond motifs is 1. The number of carbonyl (C=O) groups excluding carboxylic acids is 2. The maximum atomic E-state index is 12.4. The Hall–Kier alpha value is -2.82. The van der Waals surface area contributed by atoms with Gasteiger partial charge in [0, 0.05) is 6.42 Å². The number of hydrogen-bond acceptors (Lipinski definition) is 3. The van der Waals surface area contributed by atoms with E-state index in [4.69, 9.17) is 10.5 Å². The average Bonchev–Trinajstić information content (AvgIpc) is 2.93. The molecule has 0 spiro atoms. The lowest BCUT2D eigenvalue weighted by molar-refractivity contribution is -0.119. The monoisotopic (exact) mass is 296 g/mol. The molecule has 5 nitrogen and oxygen atoms in total. The van der Waals surface area contributed by atoms with Crippen LogP contribution >= 0.6 is 0 Å². The van der Waals surface area contributed by atoms with Crippen molar-refractivity contribution in [1.82, 2.24) is 0 Å². The third-order valence-electron chi connectivity index (χ3n) is 3.71. The maximum absolute atomic E-state index is 12.4. The Labute approximate surface area is 128 Å². The van der Waals surface area contributed by atoms with E-state index in [1.165, 1.54) is 4.90 Å². The summed E-state index contributed by atoms with van der Waals surface area (Å²) in [5, 5.41) is 0. The number of para-hydroxylation sites is 1. The molecule has 2 amide bonds. The van der Waals surface area contributed by atoms with Gasteiger partial charge < -0.3 is 10.5 Å². The van der Waals surface area contributed by atoms with E-state index in [2.05, 4.69) is 0 Å². The fourth-order valence-electron chi connectivity index (χ4n) is 2.63. The van der Waals surface area contributed by atoms with Crippen LogP contribution in [0, 0.1) is 0 Å². The molecule has 2 aromatic rings. The molecule has 5 heteroatoms. The Balaban J connectivity index is 1.78. The summed E-state index contributed by atoms with van der Waals surface area (Å²) >= 11 is 0. The van der Waals surface area contributed by atoms with E-state index in [0.717, 1.165) is 11.1 Å². The molecule has 1 heterocycles. The second-order valence-electron chi connectivity index (χ2n) is 5.16. The minimum absolute atomic E-state index is 0.157. The molecule has 0 saturated heterocycles. The Morgan fingerprint density at radius 1 is 1.09 bits per heavy atom. The molecule has 1 aliphatic rings. The number of anilines is 1. The summed E-state index contributed by atoms with van der Waals surface area (Å²) in [7, 11) is 0.